The van der Waals surface area contributed by atoms with E-state index in [1.165, 1.54) is 38.4 Å². The molecule has 0 bridgehead atoms. The van der Waals surface area contributed by atoms with Gasteiger partial charge in [0.05, 0.1) is 7.11 Å². The Labute approximate surface area is 158 Å². The number of carbonyl (C=O) groups excluding carboxylic acids is 1. The van der Waals surface area contributed by atoms with Crippen molar-refractivity contribution in [2.75, 3.05) is 12.4 Å². The summed E-state index contributed by atoms with van der Waals surface area (Å²) in [6, 6.07) is 8.74. The van der Waals surface area contributed by atoms with Crippen molar-refractivity contribution in [3.05, 3.63) is 41.6 Å². The number of hydrogen-bond acceptors (Lipinski definition) is 4. The van der Waals surface area contributed by atoms with Crippen LogP contribution in [0.3, 0.4) is 0 Å². The molecule has 0 saturated heterocycles. The zero-order valence-electron chi connectivity index (χ0n) is 15.9. The Bertz CT molecular complexity index is 931. The van der Waals surface area contributed by atoms with E-state index < -0.39 is 0 Å². The van der Waals surface area contributed by atoms with E-state index in [4.69, 9.17) is 9.72 Å². The standard InChI is InChI=1S/C21H26N4O2/c1-14-9-11-15(12-10-14)18-20(23-16-7-5-3-4-6-8-16)25-19(24-18)17(13-22-25)21(26)27-2/h9-13,16,22-23H,3-8H2,1-2H3. The molecule has 0 radical (unpaired) electrons. The highest BCUT2D eigenvalue weighted by Crippen LogP contribution is 2.32. The molecule has 0 unspecified atom stereocenters. The van der Waals surface area contributed by atoms with Crippen molar-refractivity contribution in [2.24, 2.45) is 0 Å². The van der Waals surface area contributed by atoms with Gasteiger partial charge in [0.25, 0.3) is 0 Å². The van der Waals surface area contributed by atoms with Gasteiger partial charge in [-0.05, 0) is 19.8 Å². The topological polar surface area (TPSA) is 71.4 Å². The predicted octanol–water partition coefficient (Wildman–Crippen LogP) is 4.56. The highest BCUT2D eigenvalue weighted by molar-refractivity contribution is 5.97. The highest BCUT2D eigenvalue weighted by atomic mass is 16.5. The summed E-state index contributed by atoms with van der Waals surface area (Å²) in [5, 5.41) is 6.88. The van der Waals surface area contributed by atoms with Crippen molar-refractivity contribution in [3.63, 3.8) is 0 Å². The lowest BCUT2D eigenvalue weighted by molar-refractivity contribution is 0.0602. The van der Waals surface area contributed by atoms with Gasteiger partial charge in [0.1, 0.15) is 11.3 Å². The molecule has 0 atom stereocenters. The van der Waals surface area contributed by atoms with Crippen molar-refractivity contribution >= 4 is 17.4 Å². The highest BCUT2D eigenvalue weighted by Gasteiger charge is 2.23. The Balaban J connectivity index is 1.80. The van der Waals surface area contributed by atoms with Crippen LogP contribution in [0.15, 0.2) is 30.5 Å². The molecular weight excluding hydrogens is 340 g/mol. The van der Waals surface area contributed by atoms with Crippen LogP contribution >= 0.6 is 0 Å². The molecule has 6 nitrogen and oxygen atoms in total. The summed E-state index contributed by atoms with van der Waals surface area (Å²) >= 11 is 0. The Morgan fingerprint density at radius 1 is 1.19 bits per heavy atom. The maximum atomic E-state index is 12.1. The summed E-state index contributed by atoms with van der Waals surface area (Å²) in [7, 11) is 1.39. The number of benzene rings is 1. The third kappa shape index (κ3) is 3.44. The van der Waals surface area contributed by atoms with Crippen molar-refractivity contribution in [2.45, 2.75) is 51.5 Å². The van der Waals surface area contributed by atoms with Crippen LogP contribution in [-0.4, -0.2) is 33.7 Å². The Morgan fingerprint density at radius 2 is 1.89 bits per heavy atom. The number of nitrogens with one attached hydrogen (secondary N) is 2. The Kier molecular flexibility index (Phi) is 4.88. The van der Waals surface area contributed by atoms with Crippen LogP contribution in [0.2, 0.25) is 0 Å². The number of aromatic nitrogens is 3. The first-order valence-electron chi connectivity index (χ1n) is 9.69. The number of methoxy groups -OCH3 is 1. The molecule has 142 valence electrons. The number of fused-ring (bicyclic) bond motifs is 1. The number of esters is 1. The molecule has 1 aliphatic rings. The summed E-state index contributed by atoms with van der Waals surface area (Å²) in [6.45, 7) is 2.07. The molecular formula is C21H26N4O2. The number of imidazole rings is 1. The van der Waals surface area contributed by atoms with Crippen LogP contribution in [0.25, 0.3) is 16.9 Å². The van der Waals surface area contributed by atoms with Gasteiger partial charge in [0.2, 0.25) is 0 Å². The number of nitrogens with zero attached hydrogens (tertiary/aromatic N) is 2. The number of H-pyrrole nitrogens is 1. The van der Waals surface area contributed by atoms with Gasteiger partial charge in [-0.2, -0.15) is 0 Å². The molecule has 1 saturated carbocycles. The summed E-state index contributed by atoms with van der Waals surface area (Å²) in [6.07, 6.45) is 9.08. The molecule has 1 aromatic carbocycles. The van der Waals surface area contributed by atoms with Crippen LogP contribution in [0.1, 0.15) is 54.4 Å². The van der Waals surface area contributed by atoms with E-state index in [9.17, 15) is 4.79 Å². The lowest BCUT2D eigenvalue weighted by Gasteiger charge is -2.18. The molecule has 0 amide bonds. The third-order valence-corrected chi connectivity index (χ3v) is 5.38. The minimum absolute atomic E-state index is 0.386. The molecule has 6 heteroatoms. The van der Waals surface area contributed by atoms with Crippen LogP contribution in [0.4, 0.5) is 5.82 Å². The van der Waals surface area contributed by atoms with E-state index >= 15 is 0 Å². The Morgan fingerprint density at radius 3 is 2.56 bits per heavy atom. The lowest BCUT2D eigenvalue weighted by Crippen LogP contribution is -2.20. The summed E-state index contributed by atoms with van der Waals surface area (Å²) < 4.78 is 6.77. The maximum absolute atomic E-state index is 12.1. The molecule has 1 aliphatic carbocycles. The number of ether oxygens (including phenoxy) is 1. The Hall–Kier alpha value is -2.76. The van der Waals surface area contributed by atoms with Gasteiger partial charge in [-0.3, -0.25) is 5.10 Å². The third-order valence-electron chi connectivity index (χ3n) is 5.38. The average Bonchev–Trinajstić information content (AvgIpc) is 3.13. The number of anilines is 1. The van der Waals surface area contributed by atoms with Crippen molar-refractivity contribution in [1.29, 1.82) is 0 Å². The second-order valence-corrected chi connectivity index (χ2v) is 7.35. The molecule has 3 aromatic rings. The molecule has 2 heterocycles. The van der Waals surface area contributed by atoms with Crippen LogP contribution in [0.5, 0.6) is 0 Å². The fraction of sp³-hybridized carbons (Fsp3) is 0.429. The van der Waals surface area contributed by atoms with Crippen molar-refractivity contribution < 1.29 is 9.53 Å². The maximum Gasteiger partial charge on any atom is 0.343 e. The van der Waals surface area contributed by atoms with Gasteiger partial charge in [-0.15, -0.1) is 0 Å². The van der Waals surface area contributed by atoms with E-state index in [0.717, 1.165) is 29.9 Å². The average molecular weight is 366 g/mol. The normalized spacial score (nSPS) is 15.6. The quantitative estimate of drug-likeness (QED) is 0.524. The summed E-state index contributed by atoms with van der Waals surface area (Å²) in [4.78, 5) is 16.9. The number of carbonyl (C=O) groups is 1. The molecule has 2 aromatic heterocycles. The zero-order valence-corrected chi connectivity index (χ0v) is 15.9. The first-order valence-corrected chi connectivity index (χ1v) is 9.69. The SMILES string of the molecule is COC(=O)c1c[nH]n2c(NC3CCCCCC3)c(-c3ccc(C)cc3)nc12. The molecule has 0 aliphatic heterocycles. The van der Waals surface area contributed by atoms with Crippen molar-refractivity contribution in [3.8, 4) is 11.3 Å². The number of aryl methyl sites for hydroxylation is 1. The van der Waals surface area contributed by atoms with Gasteiger partial charge in [0, 0.05) is 17.8 Å². The van der Waals surface area contributed by atoms with Crippen LogP contribution in [0, 0.1) is 6.92 Å². The lowest BCUT2D eigenvalue weighted by atomic mass is 10.1. The van der Waals surface area contributed by atoms with E-state index in [1.807, 2.05) is 4.52 Å². The van der Waals surface area contributed by atoms with E-state index in [2.05, 4.69) is 41.6 Å². The fourth-order valence-corrected chi connectivity index (χ4v) is 3.84. The molecule has 2 N–H and O–H groups in total. The number of aromatic amines is 1. The van der Waals surface area contributed by atoms with Gasteiger partial charge >= 0.3 is 5.97 Å². The zero-order chi connectivity index (χ0) is 18.8. The predicted molar refractivity (Wildman–Crippen MR) is 106 cm³/mol. The van der Waals surface area contributed by atoms with Gasteiger partial charge in [-0.25, -0.2) is 14.3 Å². The minimum Gasteiger partial charge on any atom is -0.465 e. The van der Waals surface area contributed by atoms with Crippen molar-refractivity contribution in [1.82, 2.24) is 14.6 Å². The molecule has 1 fully saturated rings. The monoisotopic (exact) mass is 366 g/mol. The van der Waals surface area contributed by atoms with Crippen LogP contribution < -0.4 is 5.32 Å². The van der Waals surface area contributed by atoms with Gasteiger partial charge in [0.15, 0.2) is 11.5 Å². The second-order valence-electron chi connectivity index (χ2n) is 7.35. The smallest absolute Gasteiger partial charge is 0.343 e. The van der Waals surface area contributed by atoms with Gasteiger partial charge in [-0.1, -0.05) is 55.5 Å². The first kappa shape index (κ1) is 17.6. The largest absolute Gasteiger partial charge is 0.465 e. The molecule has 27 heavy (non-hydrogen) atoms. The number of rotatable bonds is 4. The van der Waals surface area contributed by atoms with E-state index in [0.29, 0.717) is 17.3 Å². The van der Waals surface area contributed by atoms with E-state index in [-0.39, 0.29) is 5.97 Å². The summed E-state index contributed by atoms with van der Waals surface area (Å²) in [5.74, 6) is 0.527. The second kappa shape index (κ2) is 7.47. The molecule has 0 spiro atoms. The first-order chi connectivity index (χ1) is 13.2. The summed E-state index contributed by atoms with van der Waals surface area (Å²) in [5.41, 5.74) is 4.13. The van der Waals surface area contributed by atoms with E-state index in [1.54, 1.807) is 6.20 Å². The van der Waals surface area contributed by atoms with Crippen LogP contribution in [-0.2, 0) is 4.74 Å². The fourth-order valence-electron chi connectivity index (χ4n) is 3.84. The molecule has 4 rings (SSSR count). The minimum atomic E-state index is -0.386. The van der Waals surface area contributed by atoms with Gasteiger partial charge < -0.3 is 10.1 Å². The number of hydrogen-bond donors (Lipinski definition) is 2.